The molecule has 10 heteroatoms. The van der Waals surface area contributed by atoms with Crippen molar-refractivity contribution in [1.29, 1.82) is 0 Å². The zero-order valence-corrected chi connectivity index (χ0v) is 15.6. The molecule has 24 heavy (non-hydrogen) atoms. The molecular weight excluding hydrogens is 380 g/mol. The van der Waals surface area contributed by atoms with Crippen LogP contribution in [0.5, 0.6) is 0 Å². The molecule has 1 aliphatic rings. The summed E-state index contributed by atoms with van der Waals surface area (Å²) in [5.74, 6) is -1.39. The second kappa shape index (κ2) is 8.44. The first-order valence-corrected chi connectivity index (χ1v) is 9.07. The molecule has 1 fully saturated rings. The maximum Gasteiger partial charge on any atom is 0.243 e. The number of hydrogen-bond donors (Lipinski definition) is 3. The molecule has 0 saturated carbocycles. The normalized spacial score (nSPS) is 21.0. The van der Waals surface area contributed by atoms with Crippen molar-refractivity contribution in [1.82, 2.24) is 10.0 Å². The molecule has 136 valence electrons. The number of piperidine rings is 1. The number of benzene rings is 1. The van der Waals surface area contributed by atoms with Gasteiger partial charge in [-0.15, -0.1) is 12.4 Å². The lowest BCUT2D eigenvalue weighted by molar-refractivity contribution is -0.114. The summed E-state index contributed by atoms with van der Waals surface area (Å²) in [6.07, 6.45) is 1.25. The Morgan fingerprint density at radius 2 is 2.08 bits per heavy atom. The van der Waals surface area contributed by atoms with Crippen LogP contribution in [-0.2, 0) is 14.8 Å². The Morgan fingerprint density at radius 1 is 1.42 bits per heavy atom. The van der Waals surface area contributed by atoms with Crippen molar-refractivity contribution >= 4 is 45.6 Å². The van der Waals surface area contributed by atoms with Gasteiger partial charge in [-0.05, 0) is 32.4 Å². The van der Waals surface area contributed by atoms with Gasteiger partial charge >= 0.3 is 0 Å². The standard InChI is InChI=1S/C14H19ClFN3O3S.ClH/c1-8-5-10(3-4-17-8)19-23(21,22)14-6-11(15)13(7-12(14)16)18-9(2)20;/h6-8,10,17,19H,3-5H2,1-2H3,(H,18,20);1H. The first-order valence-electron chi connectivity index (χ1n) is 7.21. The van der Waals surface area contributed by atoms with Crippen LogP contribution in [0.1, 0.15) is 26.7 Å². The molecular formula is C14H20Cl2FN3O3S. The summed E-state index contributed by atoms with van der Waals surface area (Å²) in [7, 11) is -4.03. The molecule has 1 saturated heterocycles. The van der Waals surface area contributed by atoms with Gasteiger partial charge in [0.25, 0.3) is 0 Å². The fourth-order valence-corrected chi connectivity index (χ4v) is 4.19. The highest BCUT2D eigenvalue weighted by Crippen LogP contribution is 2.28. The molecule has 3 N–H and O–H groups in total. The van der Waals surface area contributed by atoms with Crippen LogP contribution < -0.4 is 15.4 Å². The molecule has 2 unspecified atom stereocenters. The van der Waals surface area contributed by atoms with Gasteiger partial charge in [-0.3, -0.25) is 4.79 Å². The zero-order chi connectivity index (χ0) is 17.2. The molecule has 6 nitrogen and oxygen atoms in total. The smallest absolute Gasteiger partial charge is 0.243 e. The summed E-state index contributed by atoms with van der Waals surface area (Å²) >= 11 is 5.93. The SMILES string of the molecule is CC(=O)Nc1cc(F)c(S(=O)(=O)NC2CCNC(C)C2)cc1Cl.Cl. The van der Waals surface area contributed by atoms with Gasteiger partial charge in [-0.25, -0.2) is 17.5 Å². The Labute approximate surface area is 152 Å². The van der Waals surface area contributed by atoms with E-state index in [0.717, 1.165) is 12.1 Å². The third kappa shape index (κ3) is 5.29. The molecule has 1 amide bonds. The van der Waals surface area contributed by atoms with E-state index in [1.165, 1.54) is 6.92 Å². The summed E-state index contributed by atoms with van der Waals surface area (Å²) < 4.78 is 41.5. The predicted octanol–water partition coefficient (Wildman–Crippen LogP) is 2.28. The van der Waals surface area contributed by atoms with Crippen LogP contribution in [-0.4, -0.2) is 33.0 Å². The van der Waals surface area contributed by atoms with Gasteiger partial charge in [0.05, 0.1) is 10.7 Å². The average molecular weight is 400 g/mol. The fourth-order valence-electron chi connectivity index (χ4n) is 2.54. The Morgan fingerprint density at radius 3 is 2.67 bits per heavy atom. The summed E-state index contributed by atoms with van der Waals surface area (Å²) in [4.78, 5) is 10.5. The second-order valence-corrected chi connectivity index (χ2v) is 7.73. The minimum Gasteiger partial charge on any atom is -0.325 e. The van der Waals surface area contributed by atoms with Crippen molar-refractivity contribution in [2.45, 2.75) is 43.7 Å². The third-order valence-corrected chi connectivity index (χ3v) is 5.42. The van der Waals surface area contributed by atoms with Crippen molar-refractivity contribution in [3.05, 3.63) is 23.0 Å². The van der Waals surface area contributed by atoms with Gasteiger partial charge in [0.1, 0.15) is 10.7 Å². The van der Waals surface area contributed by atoms with Crippen LogP contribution in [0, 0.1) is 5.82 Å². The molecule has 2 atom stereocenters. The lowest BCUT2D eigenvalue weighted by Crippen LogP contribution is -2.46. The number of anilines is 1. The first kappa shape index (κ1) is 21.1. The number of carbonyl (C=O) groups is 1. The number of hydrogen-bond acceptors (Lipinski definition) is 4. The number of sulfonamides is 1. The molecule has 0 radical (unpaired) electrons. The lowest BCUT2D eigenvalue weighted by Gasteiger charge is -2.28. The van der Waals surface area contributed by atoms with Crippen LogP contribution in [0.2, 0.25) is 5.02 Å². The lowest BCUT2D eigenvalue weighted by atomic mass is 10.0. The summed E-state index contributed by atoms with van der Waals surface area (Å²) in [6.45, 7) is 3.90. The van der Waals surface area contributed by atoms with Crippen molar-refractivity contribution < 1.29 is 17.6 Å². The Hall–Kier alpha value is -0.930. The van der Waals surface area contributed by atoms with Crippen molar-refractivity contribution in [3.8, 4) is 0 Å². The minimum absolute atomic E-state index is 0. The van der Waals surface area contributed by atoms with E-state index in [4.69, 9.17) is 11.6 Å². The number of halogens is 3. The van der Waals surface area contributed by atoms with Crippen molar-refractivity contribution in [3.63, 3.8) is 0 Å². The van der Waals surface area contributed by atoms with Gasteiger partial charge in [0, 0.05) is 25.1 Å². The molecule has 0 spiro atoms. The highest BCUT2D eigenvalue weighted by Gasteiger charge is 2.27. The van der Waals surface area contributed by atoms with E-state index in [1.54, 1.807) is 0 Å². The number of rotatable bonds is 4. The van der Waals surface area contributed by atoms with E-state index in [2.05, 4.69) is 15.4 Å². The van der Waals surface area contributed by atoms with E-state index in [0.29, 0.717) is 19.4 Å². The molecule has 1 aliphatic heterocycles. The molecule has 1 heterocycles. The van der Waals surface area contributed by atoms with Crippen LogP contribution >= 0.6 is 24.0 Å². The predicted molar refractivity (Wildman–Crippen MR) is 93.8 cm³/mol. The van der Waals surface area contributed by atoms with Crippen LogP contribution in [0.15, 0.2) is 17.0 Å². The highest BCUT2D eigenvalue weighted by molar-refractivity contribution is 7.89. The zero-order valence-electron chi connectivity index (χ0n) is 13.2. The van der Waals surface area contributed by atoms with Crippen molar-refractivity contribution in [2.24, 2.45) is 0 Å². The number of amides is 1. The fraction of sp³-hybridized carbons (Fsp3) is 0.500. The van der Waals surface area contributed by atoms with Crippen LogP contribution in [0.3, 0.4) is 0 Å². The topological polar surface area (TPSA) is 87.3 Å². The van der Waals surface area contributed by atoms with Gasteiger partial charge in [0.15, 0.2) is 0 Å². The molecule has 1 aromatic carbocycles. The largest absolute Gasteiger partial charge is 0.325 e. The molecule has 2 rings (SSSR count). The Balaban J connectivity index is 0.00000288. The van der Waals surface area contributed by atoms with Gasteiger partial charge in [-0.2, -0.15) is 0 Å². The number of carbonyl (C=O) groups excluding carboxylic acids is 1. The van der Waals surface area contributed by atoms with E-state index < -0.39 is 26.6 Å². The summed E-state index contributed by atoms with van der Waals surface area (Å²) in [5, 5.41) is 5.52. The maximum absolute atomic E-state index is 14.2. The average Bonchev–Trinajstić information content (AvgIpc) is 2.41. The minimum atomic E-state index is -4.03. The van der Waals surface area contributed by atoms with E-state index in [-0.39, 0.29) is 35.2 Å². The summed E-state index contributed by atoms with van der Waals surface area (Å²) in [5.41, 5.74) is 0.0334. The van der Waals surface area contributed by atoms with Gasteiger partial charge in [0.2, 0.25) is 15.9 Å². The van der Waals surface area contributed by atoms with Crippen LogP contribution in [0.4, 0.5) is 10.1 Å². The quantitative estimate of drug-likeness (QED) is 0.724. The first-order chi connectivity index (χ1) is 10.7. The second-order valence-electron chi connectivity index (χ2n) is 5.64. The molecule has 0 aromatic heterocycles. The monoisotopic (exact) mass is 399 g/mol. The highest BCUT2D eigenvalue weighted by atomic mass is 35.5. The Kier molecular flexibility index (Phi) is 7.43. The van der Waals surface area contributed by atoms with E-state index >= 15 is 0 Å². The van der Waals surface area contributed by atoms with Gasteiger partial charge in [-0.1, -0.05) is 11.6 Å². The van der Waals surface area contributed by atoms with E-state index in [9.17, 15) is 17.6 Å². The number of nitrogens with one attached hydrogen (secondary N) is 3. The van der Waals surface area contributed by atoms with Crippen LogP contribution in [0.25, 0.3) is 0 Å². The molecule has 1 aromatic rings. The van der Waals surface area contributed by atoms with Gasteiger partial charge < -0.3 is 10.6 Å². The molecule has 0 aliphatic carbocycles. The molecule has 0 bridgehead atoms. The van der Waals surface area contributed by atoms with E-state index in [1.807, 2.05) is 6.92 Å². The third-order valence-electron chi connectivity index (χ3n) is 3.57. The Bertz CT molecular complexity index is 715. The summed E-state index contributed by atoms with van der Waals surface area (Å²) in [6, 6.07) is 1.84. The van der Waals surface area contributed by atoms with Crippen molar-refractivity contribution in [2.75, 3.05) is 11.9 Å². The maximum atomic E-state index is 14.2.